The largest absolute Gasteiger partial charge is 0.497 e. The maximum Gasteiger partial charge on any atom is 0.228 e. The molecule has 2 aromatic carbocycles. The highest BCUT2D eigenvalue weighted by Gasteiger charge is 2.21. The van der Waals surface area contributed by atoms with Gasteiger partial charge in [-0.15, -0.1) is 11.3 Å². The molecule has 0 aliphatic carbocycles. The number of rotatable bonds is 7. The van der Waals surface area contributed by atoms with E-state index < -0.39 is 0 Å². The molecule has 0 aliphatic heterocycles. The van der Waals surface area contributed by atoms with Crippen molar-refractivity contribution in [1.29, 1.82) is 0 Å². The average molecular weight is 369 g/mol. The van der Waals surface area contributed by atoms with Gasteiger partial charge in [-0.1, -0.05) is 30.3 Å². The maximum atomic E-state index is 13.0. The number of halogens is 1. The zero-order valence-corrected chi connectivity index (χ0v) is 15.3. The molecule has 1 aromatic heterocycles. The lowest BCUT2D eigenvalue weighted by molar-refractivity contribution is -0.122. The summed E-state index contributed by atoms with van der Waals surface area (Å²) in [7, 11) is 1.62. The number of carbonyl (C=O) groups is 1. The van der Waals surface area contributed by atoms with Crippen molar-refractivity contribution in [3.05, 3.63) is 87.9 Å². The molecule has 1 N–H and O–H groups in total. The summed E-state index contributed by atoms with van der Waals surface area (Å²) in [6.45, 7) is 0.371. The van der Waals surface area contributed by atoms with Crippen LogP contribution >= 0.6 is 11.3 Å². The molecular weight excluding hydrogens is 349 g/mol. The number of benzene rings is 2. The van der Waals surface area contributed by atoms with Gasteiger partial charge in [0.25, 0.3) is 0 Å². The quantitative estimate of drug-likeness (QED) is 0.664. The second kappa shape index (κ2) is 8.63. The number of methoxy groups -OCH3 is 1. The van der Waals surface area contributed by atoms with Gasteiger partial charge in [-0.2, -0.15) is 0 Å². The van der Waals surface area contributed by atoms with Crippen LogP contribution in [-0.2, 0) is 17.8 Å². The van der Waals surface area contributed by atoms with E-state index in [2.05, 4.69) is 5.32 Å². The first-order valence-corrected chi connectivity index (χ1v) is 9.22. The summed E-state index contributed by atoms with van der Waals surface area (Å²) in [5.41, 5.74) is 1.81. The van der Waals surface area contributed by atoms with E-state index >= 15 is 0 Å². The highest BCUT2D eigenvalue weighted by atomic mass is 32.1. The zero-order chi connectivity index (χ0) is 18.4. The number of carbonyl (C=O) groups excluding carboxylic acids is 1. The van der Waals surface area contributed by atoms with Gasteiger partial charge >= 0.3 is 0 Å². The molecule has 1 unspecified atom stereocenters. The predicted octanol–water partition coefficient (Wildman–Crippen LogP) is 4.54. The minimum Gasteiger partial charge on any atom is -0.497 e. The van der Waals surface area contributed by atoms with Gasteiger partial charge in [0.05, 0.1) is 13.0 Å². The molecule has 134 valence electrons. The molecule has 3 aromatic rings. The van der Waals surface area contributed by atoms with Gasteiger partial charge in [-0.25, -0.2) is 4.39 Å². The summed E-state index contributed by atoms with van der Waals surface area (Å²) in [5.74, 6) is 0.136. The number of amides is 1. The Balaban J connectivity index is 1.74. The number of ether oxygens (including phenoxy) is 1. The first-order valence-electron chi connectivity index (χ1n) is 8.34. The monoisotopic (exact) mass is 369 g/mol. The summed E-state index contributed by atoms with van der Waals surface area (Å²) in [5, 5.41) is 4.98. The Morgan fingerprint density at radius 3 is 2.46 bits per heavy atom. The van der Waals surface area contributed by atoms with Gasteiger partial charge in [0.15, 0.2) is 0 Å². The van der Waals surface area contributed by atoms with Gasteiger partial charge in [-0.05, 0) is 53.3 Å². The Kier molecular flexibility index (Phi) is 6.02. The second-order valence-corrected chi connectivity index (χ2v) is 6.99. The maximum absolute atomic E-state index is 13.0. The van der Waals surface area contributed by atoms with E-state index in [4.69, 9.17) is 4.74 Å². The highest BCUT2D eigenvalue weighted by molar-refractivity contribution is 7.09. The van der Waals surface area contributed by atoms with Gasteiger partial charge in [0, 0.05) is 11.4 Å². The second-order valence-electron chi connectivity index (χ2n) is 5.95. The fourth-order valence-corrected chi connectivity index (χ4v) is 3.49. The zero-order valence-electron chi connectivity index (χ0n) is 14.4. The molecule has 0 fully saturated rings. The fraction of sp³-hybridized carbons (Fsp3) is 0.190. The topological polar surface area (TPSA) is 38.3 Å². The van der Waals surface area contributed by atoms with Gasteiger partial charge < -0.3 is 10.1 Å². The van der Waals surface area contributed by atoms with Crippen LogP contribution in [0.25, 0.3) is 0 Å². The first-order chi connectivity index (χ1) is 12.7. The Labute approximate surface area is 156 Å². The van der Waals surface area contributed by atoms with E-state index in [1.165, 1.54) is 12.1 Å². The number of hydrogen-bond donors (Lipinski definition) is 1. The molecule has 3 nitrogen and oxygen atoms in total. The standard InChI is InChI=1S/C21H20FNO2S/c1-25-18-10-6-16(7-11-18)20(13-19-3-2-12-26-19)21(24)23-14-15-4-8-17(22)9-5-15/h2-12,20H,13-14H2,1H3,(H,23,24). The van der Waals surface area contributed by atoms with Crippen LogP contribution in [0.1, 0.15) is 21.9 Å². The molecule has 0 saturated heterocycles. The lowest BCUT2D eigenvalue weighted by atomic mass is 9.94. The minimum atomic E-state index is -0.292. The molecule has 0 aliphatic rings. The normalized spacial score (nSPS) is 11.8. The Morgan fingerprint density at radius 2 is 1.85 bits per heavy atom. The summed E-state index contributed by atoms with van der Waals surface area (Å²) >= 11 is 1.64. The van der Waals surface area contributed by atoms with Gasteiger partial charge in [-0.3, -0.25) is 4.79 Å². The van der Waals surface area contributed by atoms with E-state index in [9.17, 15) is 9.18 Å². The smallest absolute Gasteiger partial charge is 0.228 e. The number of hydrogen-bond acceptors (Lipinski definition) is 3. The van der Waals surface area contributed by atoms with Crippen molar-refractivity contribution in [2.24, 2.45) is 0 Å². The van der Waals surface area contributed by atoms with E-state index in [-0.39, 0.29) is 17.6 Å². The first kappa shape index (κ1) is 18.1. The van der Waals surface area contributed by atoms with Crippen LogP contribution in [-0.4, -0.2) is 13.0 Å². The van der Waals surface area contributed by atoms with Crippen molar-refractivity contribution in [2.75, 3.05) is 7.11 Å². The number of nitrogens with one attached hydrogen (secondary N) is 1. The molecule has 0 radical (unpaired) electrons. The summed E-state index contributed by atoms with van der Waals surface area (Å²) in [6.07, 6.45) is 0.638. The van der Waals surface area contributed by atoms with Gasteiger partial charge in [0.2, 0.25) is 5.91 Å². The van der Waals surface area contributed by atoms with E-state index in [1.54, 1.807) is 30.6 Å². The van der Waals surface area contributed by atoms with Crippen molar-refractivity contribution in [2.45, 2.75) is 18.9 Å². The molecule has 1 atom stereocenters. The average Bonchev–Trinajstić information content (AvgIpc) is 3.19. The van der Waals surface area contributed by atoms with Crippen LogP contribution in [0, 0.1) is 5.82 Å². The molecule has 0 saturated carbocycles. The molecular formula is C21H20FNO2S. The van der Waals surface area contributed by atoms with Crippen molar-refractivity contribution in [3.8, 4) is 5.75 Å². The van der Waals surface area contributed by atoms with Crippen LogP contribution in [0.5, 0.6) is 5.75 Å². The third-order valence-corrected chi connectivity index (χ3v) is 5.10. The van der Waals surface area contributed by atoms with Crippen LogP contribution < -0.4 is 10.1 Å². The number of thiophene rings is 1. The van der Waals surface area contributed by atoms with Crippen molar-refractivity contribution in [1.82, 2.24) is 5.32 Å². The van der Waals surface area contributed by atoms with Crippen LogP contribution in [0.4, 0.5) is 4.39 Å². The molecule has 0 spiro atoms. The third kappa shape index (κ3) is 4.70. The van der Waals surface area contributed by atoms with Gasteiger partial charge in [0.1, 0.15) is 11.6 Å². The molecule has 26 heavy (non-hydrogen) atoms. The molecule has 0 bridgehead atoms. The van der Waals surface area contributed by atoms with Crippen LogP contribution in [0.15, 0.2) is 66.0 Å². The van der Waals surface area contributed by atoms with E-state index in [0.717, 1.165) is 21.8 Å². The fourth-order valence-electron chi connectivity index (χ4n) is 2.74. The molecule has 1 heterocycles. The predicted molar refractivity (Wildman–Crippen MR) is 102 cm³/mol. The van der Waals surface area contributed by atoms with Crippen LogP contribution in [0.3, 0.4) is 0 Å². The van der Waals surface area contributed by atoms with Crippen molar-refractivity contribution < 1.29 is 13.9 Å². The Hall–Kier alpha value is -2.66. The summed E-state index contributed by atoms with van der Waals surface area (Å²) in [6, 6.07) is 17.8. The molecule has 1 amide bonds. The Bertz CT molecular complexity index is 829. The molecule has 5 heteroatoms. The lowest BCUT2D eigenvalue weighted by Crippen LogP contribution is -2.30. The van der Waals surface area contributed by atoms with E-state index in [1.807, 2.05) is 41.8 Å². The summed E-state index contributed by atoms with van der Waals surface area (Å²) in [4.78, 5) is 14.0. The Morgan fingerprint density at radius 1 is 1.12 bits per heavy atom. The van der Waals surface area contributed by atoms with Crippen molar-refractivity contribution >= 4 is 17.2 Å². The van der Waals surface area contributed by atoms with Crippen LogP contribution in [0.2, 0.25) is 0 Å². The minimum absolute atomic E-state index is 0.0482. The summed E-state index contributed by atoms with van der Waals surface area (Å²) < 4.78 is 18.2. The molecule has 3 rings (SSSR count). The third-order valence-electron chi connectivity index (χ3n) is 4.20. The van der Waals surface area contributed by atoms with E-state index in [0.29, 0.717) is 13.0 Å². The van der Waals surface area contributed by atoms with Crippen molar-refractivity contribution in [3.63, 3.8) is 0 Å². The highest BCUT2D eigenvalue weighted by Crippen LogP contribution is 2.25. The lowest BCUT2D eigenvalue weighted by Gasteiger charge is -2.17. The SMILES string of the molecule is COc1ccc(C(Cc2cccs2)C(=O)NCc2ccc(F)cc2)cc1.